The Bertz CT molecular complexity index is 218. The van der Waals surface area contributed by atoms with Crippen LogP contribution in [0.2, 0.25) is 0 Å². The maximum absolute atomic E-state index is 9.33. The summed E-state index contributed by atoms with van der Waals surface area (Å²) in [4.78, 5) is 1.65. The summed E-state index contributed by atoms with van der Waals surface area (Å²) in [5.74, 6) is 0. The molecule has 0 bridgehead atoms. The van der Waals surface area contributed by atoms with Gasteiger partial charge in [0.15, 0.2) is 0 Å². The summed E-state index contributed by atoms with van der Waals surface area (Å²) in [6, 6.07) is 0. The van der Waals surface area contributed by atoms with E-state index in [4.69, 9.17) is 5.11 Å². The molecule has 0 amide bonds. The van der Waals surface area contributed by atoms with Crippen molar-refractivity contribution in [1.82, 2.24) is 0 Å². The lowest BCUT2D eigenvalue weighted by molar-refractivity contribution is 0.0738. The van der Waals surface area contributed by atoms with Crippen molar-refractivity contribution in [2.45, 2.75) is 12.2 Å². The van der Waals surface area contributed by atoms with Gasteiger partial charge >= 0.3 is 0 Å². The molecule has 2 nitrogen and oxygen atoms in total. The number of aliphatic hydroxyl groups is 2. The quantitative estimate of drug-likeness (QED) is 0.690. The molecule has 0 unspecified atom stereocenters. The van der Waals surface area contributed by atoms with Crippen molar-refractivity contribution in [3.63, 3.8) is 0 Å². The van der Waals surface area contributed by atoms with Crippen LogP contribution in [0.5, 0.6) is 0 Å². The van der Waals surface area contributed by atoms with Crippen LogP contribution in [0.1, 0.15) is 0 Å². The molecular weight excluding hydrogens is 208 g/mol. The molecule has 60 valence electrons. The standard InChI is InChI=1S/C8H9BrO2/c9-5-4-6-2-1-3-7(10)8(6)11/h1-5,7-8,10-11H/b5-4+/t7-,8+/m0/s1. The Kier molecular flexibility index (Phi) is 3.05. The van der Waals surface area contributed by atoms with Crippen molar-refractivity contribution < 1.29 is 10.2 Å². The van der Waals surface area contributed by atoms with Crippen LogP contribution in [0.3, 0.4) is 0 Å². The summed E-state index contributed by atoms with van der Waals surface area (Å²) >= 11 is 3.09. The average molecular weight is 217 g/mol. The van der Waals surface area contributed by atoms with Gasteiger partial charge in [0.25, 0.3) is 0 Å². The number of rotatable bonds is 1. The Morgan fingerprint density at radius 3 is 2.82 bits per heavy atom. The molecule has 0 saturated heterocycles. The topological polar surface area (TPSA) is 40.5 Å². The van der Waals surface area contributed by atoms with Crippen LogP contribution in [-0.4, -0.2) is 22.4 Å². The van der Waals surface area contributed by atoms with Crippen molar-refractivity contribution >= 4 is 15.9 Å². The lowest BCUT2D eigenvalue weighted by atomic mass is 10.00. The van der Waals surface area contributed by atoms with Gasteiger partial charge in [-0.1, -0.05) is 34.2 Å². The summed E-state index contributed by atoms with van der Waals surface area (Å²) in [6.45, 7) is 0. The molecule has 0 aromatic carbocycles. The third kappa shape index (κ3) is 2.02. The molecule has 0 aliphatic heterocycles. The summed E-state index contributed by atoms with van der Waals surface area (Å²) < 4.78 is 0. The summed E-state index contributed by atoms with van der Waals surface area (Å²) in [6.07, 6.45) is 5.16. The van der Waals surface area contributed by atoms with Gasteiger partial charge in [-0.3, -0.25) is 0 Å². The fourth-order valence-corrected chi connectivity index (χ4v) is 1.21. The smallest absolute Gasteiger partial charge is 0.108 e. The van der Waals surface area contributed by atoms with E-state index in [1.807, 2.05) is 0 Å². The molecule has 1 rings (SSSR count). The van der Waals surface area contributed by atoms with E-state index in [1.165, 1.54) is 0 Å². The van der Waals surface area contributed by atoms with E-state index >= 15 is 0 Å². The van der Waals surface area contributed by atoms with Crippen molar-refractivity contribution in [3.8, 4) is 0 Å². The molecule has 0 heterocycles. The molecule has 2 atom stereocenters. The highest BCUT2D eigenvalue weighted by Crippen LogP contribution is 2.15. The second-order valence-electron chi connectivity index (χ2n) is 2.28. The largest absolute Gasteiger partial charge is 0.386 e. The summed E-state index contributed by atoms with van der Waals surface area (Å²) in [5, 5.41) is 18.5. The molecular formula is C8H9BrO2. The van der Waals surface area contributed by atoms with Crippen LogP contribution in [0.15, 0.2) is 34.9 Å². The van der Waals surface area contributed by atoms with E-state index in [0.29, 0.717) is 5.57 Å². The monoisotopic (exact) mass is 216 g/mol. The molecule has 0 saturated carbocycles. The first kappa shape index (κ1) is 8.71. The number of hydrogen-bond acceptors (Lipinski definition) is 2. The van der Waals surface area contributed by atoms with E-state index < -0.39 is 12.2 Å². The Balaban J connectivity index is 2.78. The minimum Gasteiger partial charge on any atom is -0.386 e. The Labute approximate surface area is 73.7 Å². The van der Waals surface area contributed by atoms with Crippen molar-refractivity contribution in [1.29, 1.82) is 0 Å². The van der Waals surface area contributed by atoms with Crippen LogP contribution >= 0.6 is 15.9 Å². The van der Waals surface area contributed by atoms with Crippen LogP contribution in [-0.2, 0) is 0 Å². The first-order valence-electron chi connectivity index (χ1n) is 3.27. The maximum atomic E-state index is 9.33. The molecule has 0 fully saturated rings. The second kappa shape index (κ2) is 3.85. The van der Waals surface area contributed by atoms with Gasteiger partial charge in [0.1, 0.15) is 12.2 Å². The highest BCUT2D eigenvalue weighted by molar-refractivity contribution is 9.11. The molecule has 1 aliphatic rings. The van der Waals surface area contributed by atoms with Crippen molar-refractivity contribution in [2.75, 3.05) is 0 Å². The van der Waals surface area contributed by atoms with Gasteiger partial charge in [0.2, 0.25) is 0 Å². The second-order valence-corrected chi connectivity index (χ2v) is 2.81. The van der Waals surface area contributed by atoms with Gasteiger partial charge in [0, 0.05) is 0 Å². The Hall–Kier alpha value is -0.380. The van der Waals surface area contributed by atoms with E-state index in [2.05, 4.69) is 15.9 Å². The third-order valence-electron chi connectivity index (χ3n) is 1.52. The number of hydrogen-bond donors (Lipinski definition) is 2. The minimum absolute atomic E-state index is 0.705. The third-order valence-corrected chi connectivity index (χ3v) is 1.78. The predicted molar refractivity (Wildman–Crippen MR) is 47.3 cm³/mol. The zero-order chi connectivity index (χ0) is 8.27. The van der Waals surface area contributed by atoms with Crippen LogP contribution in [0.4, 0.5) is 0 Å². The fourth-order valence-electron chi connectivity index (χ4n) is 0.908. The van der Waals surface area contributed by atoms with E-state index in [-0.39, 0.29) is 0 Å². The predicted octanol–water partition coefficient (Wildman–Crippen LogP) is 1.11. The number of halogens is 1. The summed E-state index contributed by atoms with van der Waals surface area (Å²) in [7, 11) is 0. The zero-order valence-corrected chi connectivity index (χ0v) is 7.40. The molecule has 0 aromatic heterocycles. The minimum atomic E-state index is -0.797. The molecule has 0 radical (unpaired) electrons. The average Bonchev–Trinajstić information content (AvgIpc) is 1.99. The van der Waals surface area contributed by atoms with Crippen LogP contribution in [0.25, 0.3) is 0 Å². The molecule has 11 heavy (non-hydrogen) atoms. The lowest BCUT2D eigenvalue weighted by Gasteiger charge is -2.18. The molecule has 2 N–H and O–H groups in total. The highest BCUT2D eigenvalue weighted by Gasteiger charge is 2.18. The number of aliphatic hydroxyl groups excluding tert-OH is 2. The van der Waals surface area contributed by atoms with E-state index in [9.17, 15) is 5.11 Å². The first-order chi connectivity index (χ1) is 5.25. The van der Waals surface area contributed by atoms with Crippen molar-refractivity contribution in [3.05, 3.63) is 34.9 Å². The molecule has 1 aliphatic carbocycles. The molecule has 3 heteroatoms. The molecule has 0 spiro atoms. The fraction of sp³-hybridized carbons (Fsp3) is 0.250. The summed E-state index contributed by atoms with van der Waals surface area (Å²) in [5.41, 5.74) is 0.705. The Morgan fingerprint density at radius 2 is 2.18 bits per heavy atom. The van der Waals surface area contributed by atoms with Gasteiger partial charge in [0.05, 0.1) is 0 Å². The zero-order valence-electron chi connectivity index (χ0n) is 5.81. The van der Waals surface area contributed by atoms with Gasteiger partial charge in [-0.05, 0) is 16.6 Å². The maximum Gasteiger partial charge on any atom is 0.108 e. The normalized spacial score (nSPS) is 31.0. The van der Waals surface area contributed by atoms with E-state index in [0.717, 1.165) is 0 Å². The SMILES string of the molecule is O[C@@H]1C(/C=C/Br)=CC=C[C@@H]1O. The van der Waals surface area contributed by atoms with Gasteiger partial charge in [-0.25, -0.2) is 0 Å². The van der Waals surface area contributed by atoms with E-state index in [1.54, 1.807) is 29.3 Å². The van der Waals surface area contributed by atoms with Gasteiger partial charge in [-0.2, -0.15) is 0 Å². The first-order valence-corrected chi connectivity index (χ1v) is 4.18. The lowest BCUT2D eigenvalue weighted by Crippen LogP contribution is -2.26. The van der Waals surface area contributed by atoms with Gasteiger partial charge < -0.3 is 10.2 Å². The highest BCUT2D eigenvalue weighted by atomic mass is 79.9. The van der Waals surface area contributed by atoms with Crippen LogP contribution < -0.4 is 0 Å². The Morgan fingerprint density at radius 1 is 1.45 bits per heavy atom. The van der Waals surface area contributed by atoms with Crippen molar-refractivity contribution in [2.24, 2.45) is 0 Å². The van der Waals surface area contributed by atoms with Crippen LogP contribution in [0, 0.1) is 0 Å². The molecule has 0 aromatic rings. The van der Waals surface area contributed by atoms with Gasteiger partial charge in [-0.15, -0.1) is 0 Å². The number of allylic oxidation sites excluding steroid dienone is 2.